The molecule has 0 saturated carbocycles. The Balaban J connectivity index is 1.75. The minimum atomic E-state index is -0.488. The average molecular weight is 476 g/mol. The van der Waals surface area contributed by atoms with Gasteiger partial charge in [0.2, 0.25) is 0 Å². The number of ketones is 1. The molecule has 0 bridgehead atoms. The monoisotopic (exact) mass is 475 g/mol. The van der Waals surface area contributed by atoms with Crippen LogP contribution in [0.5, 0.6) is 11.5 Å². The van der Waals surface area contributed by atoms with E-state index < -0.39 is 11.9 Å². The first-order valence-electron chi connectivity index (χ1n) is 12.1. The third kappa shape index (κ3) is 5.11. The highest BCUT2D eigenvalue weighted by molar-refractivity contribution is 6.04. The summed E-state index contributed by atoms with van der Waals surface area (Å²) < 4.78 is 16.5. The first kappa shape index (κ1) is 24.6. The number of Topliss-reactive ketones (excluding diaryl/α,β-unsaturated/α-hetero) is 1. The fourth-order valence-corrected chi connectivity index (χ4v) is 4.96. The van der Waals surface area contributed by atoms with E-state index in [1.165, 1.54) is 0 Å². The molecule has 35 heavy (non-hydrogen) atoms. The van der Waals surface area contributed by atoms with Crippen LogP contribution in [0, 0.1) is 0 Å². The normalized spacial score (nSPS) is 19.9. The second-order valence-corrected chi connectivity index (χ2v) is 9.25. The Bertz CT molecular complexity index is 1160. The van der Waals surface area contributed by atoms with Crippen molar-refractivity contribution in [3.8, 4) is 11.5 Å². The van der Waals surface area contributed by atoms with Crippen molar-refractivity contribution in [3.05, 3.63) is 82.2 Å². The fraction of sp³-hybridized carbons (Fsp3) is 0.379. The highest BCUT2D eigenvalue weighted by Crippen LogP contribution is 2.46. The van der Waals surface area contributed by atoms with Crippen molar-refractivity contribution in [2.75, 3.05) is 13.7 Å². The van der Waals surface area contributed by atoms with Crippen LogP contribution in [0.3, 0.4) is 0 Å². The van der Waals surface area contributed by atoms with Gasteiger partial charge in [0.15, 0.2) is 5.78 Å². The summed E-state index contributed by atoms with van der Waals surface area (Å²) in [6, 6.07) is 15.5. The Hall–Kier alpha value is -3.54. The largest absolute Gasteiger partial charge is 0.497 e. The number of nitrogens with one attached hydrogen (secondary N) is 1. The molecule has 6 nitrogen and oxygen atoms in total. The van der Waals surface area contributed by atoms with Gasteiger partial charge < -0.3 is 19.5 Å². The van der Waals surface area contributed by atoms with Gasteiger partial charge in [0.05, 0.1) is 25.4 Å². The number of carbonyl (C=O) groups is 2. The summed E-state index contributed by atoms with van der Waals surface area (Å²) >= 11 is 0. The van der Waals surface area contributed by atoms with E-state index in [-0.39, 0.29) is 17.8 Å². The number of allylic oxidation sites excluding steroid dienone is 3. The van der Waals surface area contributed by atoms with Crippen LogP contribution in [0.25, 0.3) is 0 Å². The number of rotatable bonds is 7. The van der Waals surface area contributed by atoms with Gasteiger partial charge in [-0.1, -0.05) is 24.3 Å². The maximum atomic E-state index is 13.7. The number of methoxy groups -OCH3 is 1. The molecular weight excluding hydrogens is 442 g/mol. The molecule has 2 aromatic rings. The average Bonchev–Trinajstić information content (AvgIpc) is 2.83. The van der Waals surface area contributed by atoms with Gasteiger partial charge in [-0.2, -0.15) is 0 Å². The zero-order valence-corrected chi connectivity index (χ0v) is 21.0. The standard InChI is InChI=1S/C29H33NO5/c1-6-34-23-13-9-20(10-14-23)27-26(29(32)35-17(2)3)18(4)30-24-15-21(16-25(31)28(24)27)19-7-11-22(33-5)12-8-19/h7-14,17,21,27,30H,6,15-16H2,1-5H3. The Morgan fingerprint density at radius 1 is 1.00 bits per heavy atom. The Kier molecular flexibility index (Phi) is 7.29. The summed E-state index contributed by atoms with van der Waals surface area (Å²) in [5, 5.41) is 3.39. The van der Waals surface area contributed by atoms with Crippen molar-refractivity contribution in [1.82, 2.24) is 5.32 Å². The SMILES string of the molecule is CCOc1ccc(C2C(C(=O)OC(C)C)=C(C)NC3=C2C(=O)CC(c2ccc(OC)cc2)C3)cc1. The number of hydrogen-bond acceptors (Lipinski definition) is 6. The van der Waals surface area contributed by atoms with Crippen LogP contribution in [0.4, 0.5) is 0 Å². The first-order valence-corrected chi connectivity index (χ1v) is 12.1. The Morgan fingerprint density at radius 2 is 1.63 bits per heavy atom. The molecule has 2 aromatic carbocycles. The van der Waals surface area contributed by atoms with E-state index in [1.54, 1.807) is 7.11 Å². The molecule has 0 aromatic heterocycles. The molecule has 2 atom stereocenters. The lowest BCUT2D eigenvalue weighted by atomic mass is 9.71. The van der Waals surface area contributed by atoms with Crippen molar-refractivity contribution in [2.45, 2.75) is 58.5 Å². The smallest absolute Gasteiger partial charge is 0.337 e. The molecule has 2 unspecified atom stereocenters. The number of ether oxygens (including phenoxy) is 3. The van der Waals surface area contributed by atoms with Gasteiger partial charge in [0.1, 0.15) is 11.5 Å². The fourth-order valence-electron chi connectivity index (χ4n) is 4.96. The molecule has 0 amide bonds. The second kappa shape index (κ2) is 10.4. The zero-order valence-electron chi connectivity index (χ0n) is 21.0. The molecule has 0 saturated heterocycles. The lowest BCUT2D eigenvalue weighted by Crippen LogP contribution is -2.36. The summed E-state index contributed by atoms with van der Waals surface area (Å²) in [6.45, 7) is 8.03. The lowest BCUT2D eigenvalue weighted by molar-refractivity contribution is -0.143. The van der Waals surface area contributed by atoms with Crippen LogP contribution in [-0.4, -0.2) is 31.6 Å². The van der Waals surface area contributed by atoms with Crippen LogP contribution >= 0.6 is 0 Å². The van der Waals surface area contributed by atoms with E-state index in [1.807, 2.05) is 76.2 Å². The van der Waals surface area contributed by atoms with E-state index in [0.717, 1.165) is 34.0 Å². The lowest BCUT2D eigenvalue weighted by Gasteiger charge is -2.37. The van der Waals surface area contributed by atoms with Gasteiger partial charge in [-0.25, -0.2) is 4.79 Å². The Labute approximate surface area is 207 Å². The minimum absolute atomic E-state index is 0.0424. The molecular formula is C29H33NO5. The van der Waals surface area contributed by atoms with E-state index in [2.05, 4.69) is 5.32 Å². The highest BCUT2D eigenvalue weighted by Gasteiger charge is 2.41. The van der Waals surface area contributed by atoms with Gasteiger partial charge in [-0.3, -0.25) is 4.79 Å². The molecule has 0 spiro atoms. The summed E-state index contributed by atoms with van der Waals surface area (Å²) in [5.74, 6) is 0.742. The molecule has 1 N–H and O–H groups in total. The maximum absolute atomic E-state index is 13.7. The summed E-state index contributed by atoms with van der Waals surface area (Å²) in [6.07, 6.45) is 0.803. The van der Waals surface area contributed by atoms with E-state index in [4.69, 9.17) is 14.2 Å². The molecule has 6 heteroatoms. The van der Waals surface area contributed by atoms with Crippen LogP contribution in [0.15, 0.2) is 71.1 Å². The predicted molar refractivity (Wildman–Crippen MR) is 134 cm³/mol. The molecule has 2 aliphatic rings. The summed E-state index contributed by atoms with van der Waals surface area (Å²) in [4.78, 5) is 26.9. The van der Waals surface area contributed by atoms with Crippen LogP contribution in [0.1, 0.15) is 63.5 Å². The minimum Gasteiger partial charge on any atom is -0.497 e. The molecule has 0 fully saturated rings. The van der Waals surface area contributed by atoms with E-state index in [9.17, 15) is 9.59 Å². The van der Waals surface area contributed by atoms with Gasteiger partial charge >= 0.3 is 5.97 Å². The van der Waals surface area contributed by atoms with Crippen molar-refractivity contribution < 1.29 is 23.8 Å². The quantitative estimate of drug-likeness (QED) is 0.540. The molecule has 1 aliphatic heterocycles. The van der Waals surface area contributed by atoms with Crippen molar-refractivity contribution in [3.63, 3.8) is 0 Å². The van der Waals surface area contributed by atoms with Gasteiger partial charge in [-0.05, 0) is 75.4 Å². The van der Waals surface area contributed by atoms with Crippen molar-refractivity contribution >= 4 is 11.8 Å². The van der Waals surface area contributed by atoms with Gasteiger partial charge in [0, 0.05) is 29.3 Å². The molecule has 0 radical (unpaired) electrons. The molecule has 1 heterocycles. The predicted octanol–water partition coefficient (Wildman–Crippen LogP) is 5.41. The number of benzene rings is 2. The van der Waals surface area contributed by atoms with Crippen LogP contribution < -0.4 is 14.8 Å². The third-order valence-electron chi connectivity index (χ3n) is 6.50. The molecule has 184 valence electrons. The van der Waals surface area contributed by atoms with Crippen LogP contribution in [0.2, 0.25) is 0 Å². The van der Waals surface area contributed by atoms with Gasteiger partial charge in [0.25, 0.3) is 0 Å². The maximum Gasteiger partial charge on any atom is 0.337 e. The number of hydrogen-bond donors (Lipinski definition) is 1. The molecule has 1 aliphatic carbocycles. The van der Waals surface area contributed by atoms with Crippen LogP contribution in [-0.2, 0) is 14.3 Å². The van der Waals surface area contributed by atoms with Gasteiger partial charge in [-0.15, -0.1) is 0 Å². The topological polar surface area (TPSA) is 73.9 Å². The number of esters is 1. The van der Waals surface area contributed by atoms with Crippen molar-refractivity contribution in [2.24, 2.45) is 0 Å². The first-order chi connectivity index (χ1) is 16.8. The summed E-state index contributed by atoms with van der Waals surface area (Å²) in [5.41, 5.74) is 4.69. The van der Waals surface area contributed by atoms with E-state index in [0.29, 0.717) is 30.6 Å². The third-order valence-corrected chi connectivity index (χ3v) is 6.50. The van der Waals surface area contributed by atoms with E-state index >= 15 is 0 Å². The molecule has 4 rings (SSSR count). The number of dihydropyridines is 1. The zero-order chi connectivity index (χ0) is 25.1. The summed E-state index contributed by atoms with van der Waals surface area (Å²) in [7, 11) is 1.64. The number of carbonyl (C=O) groups excluding carboxylic acids is 2. The second-order valence-electron chi connectivity index (χ2n) is 9.25. The Morgan fingerprint density at radius 3 is 2.23 bits per heavy atom. The van der Waals surface area contributed by atoms with Crippen molar-refractivity contribution in [1.29, 1.82) is 0 Å². The highest BCUT2D eigenvalue weighted by atomic mass is 16.5.